The second-order valence-corrected chi connectivity index (χ2v) is 7.01. The van der Waals surface area contributed by atoms with Gasteiger partial charge in [0.2, 0.25) is 5.82 Å². The molecule has 3 aromatic heterocycles. The molecule has 0 aliphatic heterocycles. The highest BCUT2D eigenvalue weighted by atomic mass is 35.5. The molecule has 0 atom stereocenters. The lowest BCUT2D eigenvalue weighted by molar-refractivity contribution is 0.303. The molecule has 0 aromatic carbocycles. The molecule has 0 bridgehead atoms. The van der Waals surface area contributed by atoms with Gasteiger partial charge in [-0.25, -0.2) is 23.9 Å². The Morgan fingerprint density at radius 1 is 1.31 bits per heavy atom. The Kier molecular flexibility index (Phi) is 5.22. The fourth-order valence-corrected chi connectivity index (χ4v) is 2.78. The van der Waals surface area contributed by atoms with E-state index < -0.39 is 16.0 Å². The second-order valence-electron chi connectivity index (χ2n) is 5.19. The van der Waals surface area contributed by atoms with Crippen LogP contribution in [0.2, 0.25) is 5.02 Å². The van der Waals surface area contributed by atoms with Gasteiger partial charge in [0.05, 0.1) is 11.6 Å². The number of rotatable bonds is 8. The van der Waals surface area contributed by atoms with Crippen molar-refractivity contribution in [2.24, 2.45) is 5.14 Å². The zero-order chi connectivity index (χ0) is 18.7. The van der Waals surface area contributed by atoms with Crippen molar-refractivity contribution in [3.63, 3.8) is 0 Å². The minimum absolute atomic E-state index is 0.0175. The monoisotopic (exact) mass is 404 g/mol. The first-order chi connectivity index (χ1) is 12.3. The number of halogens is 1. The largest absolute Gasteiger partial charge is 0.466 e. The lowest BCUT2D eigenvalue weighted by Crippen LogP contribution is -2.31. The highest BCUT2D eigenvalue weighted by molar-refractivity contribution is 7.87. The third-order valence-electron chi connectivity index (χ3n) is 3.28. The highest BCUT2D eigenvalue weighted by Gasteiger charge is 2.22. The van der Waals surface area contributed by atoms with Crippen LogP contribution in [0.4, 0.5) is 0 Å². The van der Waals surface area contributed by atoms with Crippen molar-refractivity contribution in [1.29, 1.82) is 0 Å². The van der Waals surface area contributed by atoms with Crippen LogP contribution < -0.4 is 15.6 Å². The Hall–Kier alpha value is -2.48. The predicted octanol–water partition coefficient (Wildman–Crippen LogP) is -0.0933. The first kappa shape index (κ1) is 18.3. The molecule has 0 fully saturated rings. The molecule has 12 nitrogen and oxygen atoms in total. The molecule has 3 heterocycles. The van der Waals surface area contributed by atoms with Crippen LogP contribution >= 0.6 is 11.6 Å². The van der Waals surface area contributed by atoms with E-state index in [2.05, 4.69) is 24.7 Å². The summed E-state index contributed by atoms with van der Waals surface area (Å²) >= 11 is 5.79. The summed E-state index contributed by atoms with van der Waals surface area (Å²) in [6.45, 7) is 0.116. The third-order valence-corrected chi connectivity index (χ3v) is 4.09. The summed E-state index contributed by atoms with van der Waals surface area (Å²) in [5, 5.41) is 16.4. The van der Waals surface area contributed by atoms with Crippen LogP contribution in [-0.2, 0) is 23.2 Å². The topological polar surface area (TPSA) is 172 Å². The molecule has 3 N–H and O–H groups in total. The van der Waals surface area contributed by atoms with Gasteiger partial charge in [0.15, 0.2) is 5.69 Å². The lowest BCUT2D eigenvalue weighted by atomic mass is 10.2. The number of nitrogens with zero attached hydrogens (tertiary/aromatic N) is 4. The maximum atomic E-state index is 11.9. The van der Waals surface area contributed by atoms with Crippen LogP contribution in [0.1, 0.15) is 17.9 Å². The van der Waals surface area contributed by atoms with Gasteiger partial charge in [-0.3, -0.25) is 4.52 Å². The Bertz CT molecular complexity index is 1050. The van der Waals surface area contributed by atoms with Gasteiger partial charge in [-0.2, -0.15) is 8.42 Å². The Balaban J connectivity index is 1.78. The van der Waals surface area contributed by atoms with E-state index in [4.69, 9.17) is 25.8 Å². The molecule has 3 rings (SSSR count). The predicted molar refractivity (Wildman–Crippen MR) is 86.3 cm³/mol. The minimum atomic E-state index is -3.77. The quantitative estimate of drug-likeness (QED) is 0.486. The molecule has 0 aliphatic carbocycles. The molecular formula is C12H13ClN6O6S. The first-order valence-electron chi connectivity index (χ1n) is 7.22. The van der Waals surface area contributed by atoms with Crippen LogP contribution in [0.3, 0.4) is 0 Å². The molecule has 0 spiro atoms. The van der Waals surface area contributed by atoms with Gasteiger partial charge in [-0.1, -0.05) is 21.9 Å². The molecule has 0 amide bonds. The molecule has 0 radical (unpaired) electrons. The van der Waals surface area contributed by atoms with Gasteiger partial charge in [-0.15, -0.1) is 0 Å². The van der Waals surface area contributed by atoms with Crippen molar-refractivity contribution < 1.29 is 22.0 Å². The number of aryl methyl sites for hydroxylation is 1. The summed E-state index contributed by atoms with van der Waals surface area (Å²) in [5.41, 5.74) is 0.574. The summed E-state index contributed by atoms with van der Waals surface area (Å²) in [6.07, 6.45) is 2.00. The van der Waals surface area contributed by atoms with E-state index in [0.717, 1.165) is 0 Å². The molecule has 14 heteroatoms. The Morgan fingerprint density at radius 2 is 2.12 bits per heavy atom. The van der Waals surface area contributed by atoms with Crippen molar-refractivity contribution in [2.45, 2.75) is 19.4 Å². The Morgan fingerprint density at radius 3 is 2.81 bits per heavy atom. The SMILES string of the molecule is NS(=O)(=O)NCCCc1nonc1-c1noc(=O)n1Cc1cc(Cl)co1. The van der Waals surface area contributed by atoms with E-state index in [1.54, 1.807) is 6.07 Å². The van der Waals surface area contributed by atoms with Crippen molar-refractivity contribution in [2.75, 3.05) is 6.54 Å². The smallest absolute Gasteiger partial charge is 0.442 e. The third kappa shape index (κ3) is 4.37. The average molecular weight is 405 g/mol. The van der Waals surface area contributed by atoms with Gasteiger partial charge in [-0.05, 0) is 18.0 Å². The van der Waals surface area contributed by atoms with Crippen molar-refractivity contribution in [1.82, 2.24) is 24.8 Å². The van der Waals surface area contributed by atoms with Gasteiger partial charge < -0.3 is 4.42 Å². The summed E-state index contributed by atoms with van der Waals surface area (Å²) in [4.78, 5) is 11.9. The standard InChI is InChI=1S/C12H13ClN6O6S/c13-7-4-8(23-6-7)5-19-11(18-24-12(19)20)10-9(16-25-17-10)2-1-3-15-26(14,21)22/h4,6,15H,1-3,5H2,(H2,14,21,22). The van der Waals surface area contributed by atoms with Gasteiger partial charge in [0.25, 0.3) is 10.2 Å². The average Bonchev–Trinajstić information content (AvgIpc) is 3.26. The van der Waals surface area contributed by atoms with Crippen LogP contribution in [-0.4, -0.2) is 35.0 Å². The number of hydrogen-bond acceptors (Lipinski definition) is 9. The van der Waals surface area contributed by atoms with Gasteiger partial charge in [0, 0.05) is 12.6 Å². The molecule has 26 heavy (non-hydrogen) atoms. The lowest BCUT2D eigenvalue weighted by Gasteiger charge is -2.02. The van der Waals surface area contributed by atoms with Crippen LogP contribution in [0.15, 0.2) is 30.7 Å². The normalized spacial score (nSPS) is 11.9. The Labute approximate surface area is 151 Å². The summed E-state index contributed by atoms with van der Waals surface area (Å²) in [5.74, 6) is -0.215. The summed E-state index contributed by atoms with van der Waals surface area (Å²) < 4.78 is 39.6. The minimum Gasteiger partial charge on any atom is -0.466 e. The van der Waals surface area contributed by atoms with E-state index in [-0.39, 0.29) is 24.6 Å². The molecule has 0 unspecified atom stereocenters. The van der Waals surface area contributed by atoms with E-state index in [1.165, 1.54) is 10.8 Å². The number of hydrogen-bond donors (Lipinski definition) is 2. The van der Waals surface area contributed by atoms with Crippen LogP contribution in [0, 0.1) is 0 Å². The van der Waals surface area contributed by atoms with Crippen molar-refractivity contribution in [3.8, 4) is 11.5 Å². The zero-order valence-electron chi connectivity index (χ0n) is 13.1. The number of nitrogens with one attached hydrogen (secondary N) is 1. The van der Waals surface area contributed by atoms with Crippen LogP contribution in [0.5, 0.6) is 0 Å². The van der Waals surface area contributed by atoms with Gasteiger partial charge in [0.1, 0.15) is 17.7 Å². The van der Waals surface area contributed by atoms with Crippen molar-refractivity contribution in [3.05, 3.63) is 39.4 Å². The fourth-order valence-electron chi connectivity index (χ4n) is 2.18. The first-order valence-corrected chi connectivity index (χ1v) is 9.14. The van der Waals surface area contributed by atoms with Crippen LogP contribution in [0.25, 0.3) is 11.5 Å². The van der Waals surface area contributed by atoms with E-state index in [9.17, 15) is 13.2 Å². The maximum absolute atomic E-state index is 11.9. The summed E-state index contributed by atoms with van der Waals surface area (Å²) in [7, 11) is -3.77. The van der Waals surface area contributed by atoms with E-state index in [0.29, 0.717) is 29.3 Å². The molecule has 140 valence electrons. The number of aromatic nitrogens is 4. The maximum Gasteiger partial charge on any atom is 0.442 e. The molecule has 0 aliphatic rings. The second kappa shape index (κ2) is 7.41. The molecule has 0 saturated heterocycles. The molecule has 0 saturated carbocycles. The number of furan rings is 1. The van der Waals surface area contributed by atoms with Crippen molar-refractivity contribution >= 4 is 21.8 Å². The van der Waals surface area contributed by atoms with E-state index in [1.807, 2.05) is 0 Å². The molecular weight excluding hydrogens is 392 g/mol. The molecule has 3 aromatic rings. The highest BCUT2D eigenvalue weighted by Crippen LogP contribution is 2.20. The zero-order valence-corrected chi connectivity index (χ0v) is 14.7. The van der Waals surface area contributed by atoms with E-state index >= 15 is 0 Å². The van der Waals surface area contributed by atoms with Gasteiger partial charge >= 0.3 is 5.76 Å². The number of nitrogens with two attached hydrogens (primary N) is 1. The fraction of sp³-hybridized carbons (Fsp3) is 0.333. The summed E-state index contributed by atoms with van der Waals surface area (Å²) in [6, 6.07) is 1.55.